The monoisotopic (exact) mass is 288 g/mol. The molecule has 0 heterocycles. The van der Waals surface area contributed by atoms with Gasteiger partial charge in [0.1, 0.15) is 0 Å². The summed E-state index contributed by atoms with van der Waals surface area (Å²) in [7, 11) is 0. The number of rotatable bonds is 10. The number of hydrogen-bond acceptors (Lipinski definition) is 4. The molecular formula is C14H24O4S. The molecule has 0 rings (SSSR count). The van der Waals surface area contributed by atoms with Crippen LogP contribution in [0.2, 0.25) is 0 Å². The normalized spacial score (nSPS) is 13.1. The number of carbonyl (C=O) groups is 2. The number of carboxylic acid groups (broad SMARTS) is 1. The fraction of sp³-hybridized carbons (Fsp3) is 0.714. The number of aliphatic carboxylic acids is 1. The standard InChI is InChI=1S/C14H24O4S/c1-4-5-9-19-10-12(3)14(17)18-8-6-7-11(2)13(15)16/h7,12H,4-6,8-10H2,1-3H3,(H,15,16). The van der Waals surface area contributed by atoms with Gasteiger partial charge in [-0.3, -0.25) is 4.79 Å². The minimum Gasteiger partial charge on any atom is -0.478 e. The molecule has 0 fully saturated rings. The molecule has 110 valence electrons. The molecule has 0 amide bonds. The lowest BCUT2D eigenvalue weighted by Crippen LogP contribution is -2.17. The topological polar surface area (TPSA) is 63.6 Å². The molecule has 4 nitrogen and oxygen atoms in total. The van der Waals surface area contributed by atoms with E-state index < -0.39 is 5.97 Å². The second kappa shape index (κ2) is 10.9. The zero-order valence-electron chi connectivity index (χ0n) is 12.0. The Kier molecular flexibility index (Phi) is 10.4. The average Bonchev–Trinajstić information content (AvgIpc) is 2.38. The summed E-state index contributed by atoms with van der Waals surface area (Å²) in [6.45, 7) is 5.77. The summed E-state index contributed by atoms with van der Waals surface area (Å²) in [6, 6.07) is 0. The van der Waals surface area contributed by atoms with Crippen LogP contribution in [0.1, 0.15) is 40.0 Å². The van der Waals surface area contributed by atoms with Gasteiger partial charge >= 0.3 is 11.9 Å². The number of ether oxygens (including phenoxy) is 1. The molecule has 0 spiro atoms. The summed E-state index contributed by atoms with van der Waals surface area (Å²) < 4.78 is 5.10. The highest BCUT2D eigenvalue weighted by Crippen LogP contribution is 2.12. The van der Waals surface area contributed by atoms with Crippen molar-refractivity contribution in [1.82, 2.24) is 0 Å². The smallest absolute Gasteiger partial charge is 0.330 e. The first kappa shape index (κ1) is 18.0. The molecule has 1 unspecified atom stereocenters. The molecule has 0 bridgehead atoms. The fourth-order valence-corrected chi connectivity index (χ4v) is 2.39. The van der Waals surface area contributed by atoms with Crippen LogP contribution in [-0.2, 0) is 14.3 Å². The van der Waals surface area contributed by atoms with Gasteiger partial charge in [-0.2, -0.15) is 11.8 Å². The van der Waals surface area contributed by atoms with E-state index in [0.717, 1.165) is 11.5 Å². The number of esters is 1. The highest BCUT2D eigenvalue weighted by Gasteiger charge is 2.13. The Morgan fingerprint density at radius 1 is 1.42 bits per heavy atom. The molecule has 0 saturated heterocycles. The summed E-state index contributed by atoms with van der Waals surface area (Å²) in [5.74, 6) is 0.612. The third-order valence-electron chi connectivity index (χ3n) is 2.56. The molecule has 0 aliphatic rings. The molecule has 1 N–H and O–H groups in total. The maximum Gasteiger partial charge on any atom is 0.330 e. The first-order valence-electron chi connectivity index (χ1n) is 6.63. The summed E-state index contributed by atoms with van der Waals surface area (Å²) in [6.07, 6.45) is 4.35. The molecule has 0 radical (unpaired) electrons. The molecule has 0 saturated carbocycles. The van der Waals surface area contributed by atoms with Crippen LogP contribution in [0.3, 0.4) is 0 Å². The van der Waals surface area contributed by atoms with E-state index in [0.29, 0.717) is 6.42 Å². The lowest BCUT2D eigenvalue weighted by molar-refractivity contribution is -0.146. The van der Waals surface area contributed by atoms with Gasteiger partial charge in [-0.25, -0.2) is 4.79 Å². The molecule has 0 aromatic rings. The summed E-state index contributed by atoms with van der Waals surface area (Å²) in [5.41, 5.74) is 0.277. The van der Waals surface area contributed by atoms with Crippen LogP contribution in [-0.4, -0.2) is 35.2 Å². The molecule has 0 aliphatic heterocycles. The predicted octanol–water partition coefficient (Wildman–Crippen LogP) is 3.12. The zero-order chi connectivity index (χ0) is 14.7. The number of carbonyl (C=O) groups excluding carboxylic acids is 1. The van der Waals surface area contributed by atoms with Crippen molar-refractivity contribution in [2.75, 3.05) is 18.1 Å². The van der Waals surface area contributed by atoms with Gasteiger partial charge in [-0.1, -0.05) is 26.3 Å². The maximum absolute atomic E-state index is 11.6. The van der Waals surface area contributed by atoms with E-state index in [-0.39, 0.29) is 24.1 Å². The van der Waals surface area contributed by atoms with Crippen molar-refractivity contribution < 1.29 is 19.4 Å². The average molecular weight is 288 g/mol. The number of thioether (sulfide) groups is 1. The Morgan fingerprint density at radius 2 is 2.11 bits per heavy atom. The van der Waals surface area contributed by atoms with E-state index in [1.165, 1.54) is 19.8 Å². The highest BCUT2D eigenvalue weighted by molar-refractivity contribution is 7.99. The Labute approximate surface area is 119 Å². The SMILES string of the molecule is CCCCSCC(C)C(=O)OCCC=C(C)C(=O)O. The third-order valence-corrected chi connectivity index (χ3v) is 3.88. The third kappa shape index (κ3) is 9.59. The van der Waals surface area contributed by atoms with E-state index in [1.54, 1.807) is 17.8 Å². The van der Waals surface area contributed by atoms with Crippen molar-refractivity contribution in [2.24, 2.45) is 5.92 Å². The van der Waals surface area contributed by atoms with Crippen LogP contribution in [0.25, 0.3) is 0 Å². The molecule has 19 heavy (non-hydrogen) atoms. The van der Waals surface area contributed by atoms with Crippen LogP contribution in [0.4, 0.5) is 0 Å². The van der Waals surface area contributed by atoms with Gasteiger partial charge < -0.3 is 9.84 Å². The van der Waals surface area contributed by atoms with Crippen molar-refractivity contribution in [1.29, 1.82) is 0 Å². The van der Waals surface area contributed by atoms with Crippen molar-refractivity contribution in [2.45, 2.75) is 40.0 Å². The van der Waals surface area contributed by atoms with E-state index in [4.69, 9.17) is 9.84 Å². The molecule has 0 aromatic heterocycles. The van der Waals surface area contributed by atoms with Crippen LogP contribution < -0.4 is 0 Å². The van der Waals surface area contributed by atoms with Gasteiger partial charge in [-0.05, 0) is 19.1 Å². The second-order valence-corrected chi connectivity index (χ2v) is 5.63. The lowest BCUT2D eigenvalue weighted by Gasteiger charge is -2.10. The van der Waals surface area contributed by atoms with Crippen molar-refractivity contribution in [3.63, 3.8) is 0 Å². The van der Waals surface area contributed by atoms with Crippen LogP contribution in [0, 0.1) is 5.92 Å². The van der Waals surface area contributed by atoms with Crippen molar-refractivity contribution >= 4 is 23.7 Å². The lowest BCUT2D eigenvalue weighted by atomic mass is 10.2. The molecule has 1 atom stereocenters. The van der Waals surface area contributed by atoms with Crippen molar-refractivity contribution in [3.05, 3.63) is 11.6 Å². The van der Waals surface area contributed by atoms with E-state index in [1.807, 2.05) is 6.92 Å². The Morgan fingerprint density at radius 3 is 2.68 bits per heavy atom. The number of carboxylic acids is 1. The molecule has 5 heteroatoms. The first-order chi connectivity index (χ1) is 8.99. The van der Waals surface area contributed by atoms with Crippen LogP contribution in [0.15, 0.2) is 11.6 Å². The second-order valence-electron chi connectivity index (χ2n) is 4.48. The summed E-state index contributed by atoms with van der Waals surface area (Å²) in [5, 5.41) is 8.64. The van der Waals surface area contributed by atoms with Gasteiger partial charge in [-0.15, -0.1) is 0 Å². The van der Waals surface area contributed by atoms with E-state index in [2.05, 4.69) is 6.92 Å². The van der Waals surface area contributed by atoms with Crippen LogP contribution >= 0.6 is 11.8 Å². The Bertz CT molecular complexity index is 313. The van der Waals surface area contributed by atoms with Crippen LogP contribution in [0.5, 0.6) is 0 Å². The van der Waals surface area contributed by atoms with Gasteiger partial charge in [0.2, 0.25) is 0 Å². The first-order valence-corrected chi connectivity index (χ1v) is 7.79. The number of unbranched alkanes of at least 4 members (excludes halogenated alkanes) is 1. The molecule has 0 aromatic carbocycles. The summed E-state index contributed by atoms with van der Waals surface area (Å²) >= 11 is 1.77. The highest BCUT2D eigenvalue weighted by atomic mass is 32.2. The quantitative estimate of drug-likeness (QED) is 0.380. The van der Waals surface area contributed by atoms with Crippen molar-refractivity contribution in [3.8, 4) is 0 Å². The number of hydrogen-bond donors (Lipinski definition) is 1. The zero-order valence-corrected chi connectivity index (χ0v) is 12.8. The largest absolute Gasteiger partial charge is 0.478 e. The predicted molar refractivity (Wildman–Crippen MR) is 78.4 cm³/mol. The Balaban J connectivity index is 3.73. The maximum atomic E-state index is 11.6. The minimum absolute atomic E-state index is 0.105. The van der Waals surface area contributed by atoms with Gasteiger partial charge in [0.05, 0.1) is 12.5 Å². The summed E-state index contributed by atoms with van der Waals surface area (Å²) in [4.78, 5) is 22.1. The van der Waals surface area contributed by atoms with Gasteiger partial charge in [0, 0.05) is 17.7 Å². The van der Waals surface area contributed by atoms with Gasteiger partial charge in [0.25, 0.3) is 0 Å². The van der Waals surface area contributed by atoms with E-state index in [9.17, 15) is 9.59 Å². The Hall–Kier alpha value is -0.970. The fourth-order valence-electron chi connectivity index (χ4n) is 1.24. The van der Waals surface area contributed by atoms with E-state index >= 15 is 0 Å². The molecular weight excluding hydrogens is 264 g/mol. The molecule has 0 aliphatic carbocycles. The minimum atomic E-state index is -0.938. The van der Waals surface area contributed by atoms with Gasteiger partial charge in [0.15, 0.2) is 0 Å².